The van der Waals surface area contributed by atoms with Gasteiger partial charge in [0.2, 0.25) is 0 Å². The minimum absolute atomic E-state index is 0.0828. The van der Waals surface area contributed by atoms with Gasteiger partial charge in [0, 0.05) is 12.4 Å². The van der Waals surface area contributed by atoms with Crippen molar-refractivity contribution in [3.8, 4) is 11.5 Å². The monoisotopic (exact) mass is 447 g/mol. The van der Waals surface area contributed by atoms with Crippen LogP contribution in [0.4, 0.5) is 5.13 Å². The number of hydrogen-bond donors (Lipinski definition) is 0. The predicted octanol–water partition coefficient (Wildman–Crippen LogP) is 5.44. The average molecular weight is 448 g/mol. The van der Waals surface area contributed by atoms with E-state index in [2.05, 4.69) is 23.8 Å². The zero-order chi connectivity index (χ0) is 22.5. The van der Waals surface area contributed by atoms with Crippen molar-refractivity contribution in [3.63, 3.8) is 0 Å². The van der Waals surface area contributed by atoms with Gasteiger partial charge in [0.15, 0.2) is 11.7 Å². The third-order valence-electron chi connectivity index (χ3n) is 5.09. The molecular formula is C25H25N3O3S. The van der Waals surface area contributed by atoms with E-state index < -0.39 is 0 Å². The summed E-state index contributed by atoms with van der Waals surface area (Å²) in [7, 11) is 1.63. The van der Waals surface area contributed by atoms with Gasteiger partial charge < -0.3 is 9.47 Å². The maximum absolute atomic E-state index is 13.2. The lowest BCUT2D eigenvalue weighted by Gasteiger charge is -2.20. The molecule has 0 radical (unpaired) electrons. The van der Waals surface area contributed by atoms with Crippen LogP contribution in [0.1, 0.15) is 30.9 Å². The molecule has 0 saturated heterocycles. The van der Waals surface area contributed by atoms with E-state index in [0.717, 1.165) is 21.5 Å². The summed E-state index contributed by atoms with van der Waals surface area (Å²) in [6.07, 6.45) is 3.46. The fourth-order valence-corrected chi connectivity index (χ4v) is 4.25. The summed E-state index contributed by atoms with van der Waals surface area (Å²) in [5.74, 6) is 1.69. The molecule has 0 saturated carbocycles. The van der Waals surface area contributed by atoms with Crippen molar-refractivity contribution in [2.75, 3.05) is 18.6 Å². The van der Waals surface area contributed by atoms with Crippen LogP contribution in [-0.4, -0.2) is 29.6 Å². The smallest absolute Gasteiger partial charge is 0.267 e. The van der Waals surface area contributed by atoms with E-state index in [4.69, 9.17) is 9.47 Å². The molecule has 2 aromatic heterocycles. The molecule has 0 N–H and O–H groups in total. The van der Waals surface area contributed by atoms with Gasteiger partial charge in [0.05, 0.1) is 23.9 Å². The molecular weight excluding hydrogens is 422 g/mol. The van der Waals surface area contributed by atoms with Gasteiger partial charge in [0.1, 0.15) is 11.5 Å². The van der Waals surface area contributed by atoms with Crippen LogP contribution in [0.15, 0.2) is 67.0 Å². The quantitative estimate of drug-likeness (QED) is 0.360. The average Bonchev–Trinajstić information content (AvgIpc) is 3.24. The Morgan fingerprint density at radius 3 is 2.56 bits per heavy atom. The van der Waals surface area contributed by atoms with Crippen molar-refractivity contribution in [3.05, 3.63) is 78.1 Å². The van der Waals surface area contributed by atoms with Crippen molar-refractivity contribution in [1.29, 1.82) is 0 Å². The van der Waals surface area contributed by atoms with Crippen LogP contribution in [0.3, 0.4) is 0 Å². The first kappa shape index (κ1) is 21.8. The zero-order valence-electron chi connectivity index (χ0n) is 18.3. The first-order chi connectivity index (χ1) is 15.5. The Balaban J connectivity index is 1.56. The van der Waals surface area contributed by atoms with E-state index in [1.807, 2.05) is 54.6 Å². The van der Waals surface area contributed by atoms with Crippen molar-refractivity contribution in [2.24, 2.45) is 0 Å². The second-order valence-corrected chi connectivity index (χ2v) is 8.69. The number of hydrogen-bond acceptors (Lipinski definition) is 6. The van der Waals surface area contributed by atoms with E-state index in [0.29, 0.717) is 23.3 Å². The summed E-state index contributed by atoms with van der Waals surface area (Å²) in [6.45, 7) is 4.56. The number of nitrogens with zero attached hydrogens (tertiary/aromatic N) is 3. The summed E-state index contributed by atoms with van der Waals surface area (Å²) in [5.41, 5.74) is 2.96. The maximum atomic E-state index is 13.2. The Bertz CT molecular complexity index is 1190. The molecule has 6 nitrogen and oxygen atoms in total. The minimum atomic E-state index is -0.173. The van der Waals surface area contributed by atoms with Crippen molar-refractivity contribution in [2.45, 2.75) is 26.3 Å². The number of aromatic nitrogens is 2. The third kappa shape index (κ3) is 5.06. The molecule has 0 spiro atoms. The number of fused-ring (bicyclic) bond motifs is 1. The van der Waals surface area contributed by atoms with E-state index in [9.17, 15) is 4.79 Å². The van der Waals surface area contributed by atoms with Gasteiger partial charge in [0.25, 0.3) is 5.91 Å². The fraction of sp³-hybridized carbons (Fsp3) is 0.240. The van der Waals surface area contributed by atoms with Gasteiger partial charge in [-0.3, -0.25) is 14.7 Å². The van der Waals surface area contributed by atoms with Crippen molar-refractivity contribution in [1.82, 2.24) is 9.97 Å². The number of thiazole rings is 1. The predicted molar refractivity (Wildman–Crippen MR) is 128 cm³/mol. The zero-order valence-corrected chi connectivity index (χ0v) is 19.1. The van der Waals surface area contributed by atoms with Gasteiger partial charge in [-0.25, -0.2) is 4.98 Å². The van der Waals surface area contributed by atoms with E-state index in [1.165, 1.54) is 16.9 Å². The molecule has 164 valence electrons. The van der Waals surface area contributed by atoms with Crippen LogP contribution in [0, 0.1) is 0 Å². The molecule has 0 atom stereocenters. The number of carbonyl (C=O) groups is 1. The highest BCUT2D eigenvalue weighted by Crippen LogP contribution is 2.32. The Hall–Kier alpha value is -3.45. The van der Waals surface area contributed by atoms with Crippen LogP contribution >= 0.6 is 11.3 Å². The summed E-state index contributed by atoms with van der Waals surface area (Å²) in [4.78, 5) is 23.7. The number of benzene rings is 2. The Morgan fingerprint density at radius 2 is 1.88 bits per heavy atom. The molecule has 0 bridgehead atoms. The Labute approximate surface area is 191 Å². The largest absolute Gasteiger partial charge is 0.497 e. The Kier molecular flexibility index (Phi) is 6.66. The number of carbonyl (C=O) groups excluding carboxylic acids is 1. The number of anilines is 1. The number of amides is 1. The molecule has 2 heterocycles. The molecule has 32 heavy (non-hydrogen) atoms. The molecule has 7 heteroatoms. The molecule has 0 aliphatic rings. The number of ether oxygens (including phenoxy) is 2. The molecule has 0 aliphatic carbocycles. The molecule has 1 amide bonds. The summed E-state index contributed by atoms with van der Waals surface area (Å²) in [5, 5.41) is 0.612. The molecule has 4 rings (SSSR count). The van der Waals surface area contributed by atoms with Gasteiger partial charge >= 0.3 is 0 Å². The first-order valence-electron chi connectivity index (χ1n) is 10.4. The summed E-state index contributed by atoms with van der Waals surface area (Å²) >= 11 is 1.45. The Morgan fingerprint density at radius 1 is 1.09 bits per heavy atom. The fourth-order valence-electron chi connectivity index (χ4n) is 3.24. The van der Waals surface area contributed by atoms with Crippen LogP contribution in [-0.2, 0) is 11.3 Å². The van der Waals surface area contributed by atoms with Gasteiger partial charge in [-0.05, 0) is 53.4 Å². The number of methoxy groups -OCH3 is 1. The second-order valence-electron chi connectivity index (χ2n) is 7.68. The minimum Gasteiger partial charge on any atom is -0.497 e. The molecule has 0 aliphatic heterocycles. The van der Waals surface area contributed by atoms with Crippen LogP contribution in [0.2, 0.25) is 0 Å². The van der Waals surface area contributed by atoms with E-state index in [-0.39, 0.29) is 12.5 Å². The number of pyridine rings is 1. The SMILES string of the molecule is COc1ccc2nc(N(Cc3cccnc3)C(=O)COc3ccc(C(C)C)cc3)sc2c1. The highest BCUT2D eigenvalue weighted by Gasteiger charge is 2.21. The van der Waals surface area contributed by atoms with E-state index in [1.54, 1.807) is 24.4 Å². The molecule has 2 aromatic carbocycles. The van der Waals surface area contributed by atoms with Gasteiger partial charge in [-0.15, -0.1) is 0 Å². The highest BCUT2D eigenvalue weighted by atomic mass is 32.1. The summed E-state index contributed by atoms with van der Waals surface area (Å²) < 4.78 is 12.1. The van der Waals surface area contributed by atoms with E-state index >= 15 is 0 Å². The van der Waals surface area contributed by atoms with Gasteiger partial charge in [-0.2, -0.15) is 0 Å². The van der Waals surface area contributed by atoms with Gasteiger partial charge in [-0.1, -0.05) is 43.4 Å². The molecule has 0 unspecified atom stereocenters. The highest BCUT2D eigenvalue weighted by molar-refractivity contribution is 7.22. The first-order valence-corrected chi connectivity index (χ1v) is 11.2. The molecule has 4 aromatic rings. The van der Waals surface area contributed by atoms with Crippen molar-refractivity contribution < 1.29 is 14.3 Å². The van der Waals surface area contributed by atoms with Crippen LogP contribution in [0.5, 0.6) is 11.5 Å². The van der Waals surface area contributed by atoms with Crippen LogP contribution in [0.25, 0.3) is 10.2 Å². The summed E-state index contributed by atoms with van der Waals surface area (Å²) in [6, 6.07) is 17.3. The van der Waals surface area contributed by atoms with Crippen LogP contribution < -0.4 is 14.4 Å². The number of rotatable bonds is 8. The topological polar surface area (TPSA) is 64.5 Å². The standard InChI is InChI=1S/C25H25N3O3S/c1-17(2)19-6-8-20(9-7-19)31-16-24(29)28(15-18-5-4-12-26-14-18)25-27-22-11-10-21(30-3)13-23(22)32-25/h4-14,17H,15-16H2,1-3H3. The van der Waals surface area contributed by atoms with Crippen molar-refractivity contribution >= 4 is 32.6 Å². The molecule has 0 fully saturated rings. The second kappa shape index (κ2) is 9.78. The lowest BCUT2D eigenvalue weighted by molar-refractivity contribution is -0.120. The lowest BCUT2D eigenvalue weighted by Crippen LogP contribution is -2.34. The third-order valence-corrected chi connectivity index (χ3v) is 6.13. The normalized spacial score (nSPS) is 11.0. The maximum Gasteiger partial charge on any atom is 0.267 e. The lowest BCUT2D eigenvalue weighted by atomic mass is 10.0.